The molecule has 0 spiro atoms. The van der Waals surface area contributed by atoms with Gasteiger partial charge in [-0.05, 0) is 24.5 Å². The number of fused-ring (bicyclic) bond motifs is 1. The second-order valence-electron chi connectivity index (χ2n) is 2.86. The van der Waals surface area contributed by atoms with Gasteiger partial charge < -0.3 is 10.4 Å². The molecule has 2 N–H and O–H groups in total. The van der Waals surface area contributed by atoms with E-state index in [1.165, 1.54) is 5.56 Å². The van der Waals surface area contributed by atoms with E-state index in [-0.39, 0.29) is 13.7 Å². The van der Waals surface area contributed by atoms with E-state index in [2.05, 4.69) is 11.4 Å². The van der Waals surface area contributed by atoms with Crippen molar-refractivity contribution in [3.8, 4) is 0 Å². The summed E-state index contributed by atoms with van der Waals surface area (Å²) in [5.41, 5.74) is 2.38. The smallest absolute Gasteiger partial charge is 0.124 e. The van der Waals surface area contributed by atoms with Gasteiger partial charge in [-0.15, -0.1) is 0 Å². The number of nitrogens with one attached hydrogen (secondary N) is 1. The van der Waals surface area contributed by atoms with Crippen LogP contribution in [0.1, 0.15) is 19.4 Å². The van der Waals surface area contributed by atoms with E-state index in [9.17, 15) is 5.11 Å². The molecular formula is C10H15NO. The Bertz CT molecular complexity index is 260. The molecule has 0 saturated heterocycles. The second-order valence-corrected chi connectivity index (χ2v) is 2.86. The average molecular weight is 165 g/mol. The summed E-state index contributed by atoms with van der Waals surface area (Å²) >= 11 is 0. The van der Waals surface area contributed by atoms with Crippen LogP contribution >= 0.6 is 0 Å². The summed E-state index contributed by atoms with van der Waals surface area (Å²) in [6.07, 6.45) is 1.44. The maximum absolute atomic E-state index is 9.24. The molecule has 12 heavy (non-hydrogen) atoms. The van der Waals surface area contributed by atoms with Crippen LogP contribution in [-0.4, -0.2) is 11.3 Å². The molecular weight excluding hydrogens is 150 g/mol. The van der Waals surface area contributed by atoms with Crippen LogP contribution in [0.25, 0.3) is 0 Å². The number of hydrogen-bond acceptors (Lipinski definition) is 2. The molecule has 0 bridgehead atoms. The summed E-state index contributed by atoms with van der Waals surface area (Å²) in [7, 11) is 0. The Labute approximate surface area is 73.2 Å². The lowest BCUT2D eigenvalue weighted by atomic mass is 10.0. The lowest BCUT2D eigenvalue weighted by Gasteiger charge is -2.22. The molecule has 1 aliphatic heterocycles. The Morgan fingerprint density at radius 1 is 1.33 bits per heavy atom. The maximum Gasteiger partial charge on any atom is 0.124 e. The summed E-state index contributed by atoms with van der Waals surface area (Å²) in [6, 6.07) is 8.09. The Kier molecular flexibility index (Phi) is 2.71. The molecule has 0 aromatic heterocycles. The van der Waals surface area contributed by atoms with Gasteiger partial charge in [0.1, 0.15) is 6.23 Å². The number of para-hydroxylation sites is 1. The van der Waals surface area contributed by atoms with Gasteiger partial charge >= 0.3 is 0 Å². The van der Waals surface area contributed by atoms with Crippen molar-refractivity contribution in [2.45, 2.75) is 26.5 Å². The minimum atomic E-state index is -0.357. The van der Waals surface area contributed by atoms with Gasteiger partial charge in [0.25, 0.3) is 0 Å². The van der Waals surface area contributed by atoms with Crippen molar-refractivity contribution in [2.24, 2.45) is 0 Å². The van der Waals surface area contributed by atoms with Gasteiger partial charge in [-0.2, -0.15) is 0 Å². The fourth-order valence-electron chi connectivity index (χ4n) is 1.42. The first-order valence-corrected chi connectivity index (χ1v) is 3.89. The molecule has 2 rings (SSSR count). The topological polar surface area (TPSA) is 32.3 Å². The third-order valence-corrected chi connectivity index (χ3v) is 2.03. The third kappa shape index (κ3) is 1.59. The number of rotatable bonds is 0. The van der Waals surface area contributed by atoms with Crippen molar-refractivity contribution >= 4 is 5.69 Å². The molecule has 1 heterocycles. The molecule has 66 valence electrons. The lowest BCUT2D eigenvalue weighted by molar-refractivity contribution is 0.189. The molecule has 0 aliphatic carbocycles. The van der Waals surface area contributed by atoms with Gasteiger partial charge in [-0.1, -0.05) is 25.6 Å². The number of anilines is 1. The molecule has 1 aliphatic rings. The van der Waals surface area contributed by atoms with Crippen molar-refractivity contribution in [2.75, 3.05) is 5.32 Å². The predicted molar refractivity (Wildman–Crippen MR) is 51.1 cm³/mol. The normalized spacial score (nSPS) is 20.2. The maximum atomic E-state index is 9.24. The van der Waals surface area contributed by atoms with Crippen molar-refractivity contribution in [1.82, 2.24) is 0 Å². The van der Waals surface area contributed by atoms with Crippen LogP contribution in [0.3, 0.4) is 0 Å². The highest BCUT2D eigenvalue weighted by atomic mass is 16.3. The first-order chi connectivity index (χ1) is 5.36. The first kappa shape index (κ1) is 9.07. The van der Waals surface area contributed by atoms with E-state index in [4.69, 9.17) is 0 Å². The summed E-state index contributed by atoms with van der Waals surface area (Å²) in [5.74, 6) is 0. The SMILES string of the molecule is C.OC1CCc2ccccc2N1. The van der Waals surface area contributed by atoms with Crippen LogP contribution in [0.5, 0.6) is 0 Å². The first-order valence-electron chi connectivity index (χ1n) is 3.89. The van der Waals surface area contributed by atoms with Crippen LogP contribution in [0.4, 0.5) is 5.69 Å². The average Bonchev–Trinajstić information content (AvgIpc) is 2.04. The standard InChI is InChI=1S/C9H11NO.CH4/c11-9-6-5-7-3-1-2-4-8(7)10-9;/h1-4,9-11H,5-6H2;1H4. The van der Waals surface area contributed by atoms with Gasteiger partial charge in [0, 0.05) is 5.69 Å². The number of aliphatic hydroxyl groups is 1. The molecule has 0 radical (unpaired) electrons. The van der Waals surface area contributed by atoms with Crippen molar-refractivity contribution in [1.29, 1.82) is 0 Å². The zero-order valence-corrected chi connectivity index (χ0v) is 6.25. The quantitative estimate of drug-likeness (QED) is 0.616. The number of aliphatic hydroxyl groups excluding tert-OH is 1. The van der Waals surface area contributed by atoms with Crippen molar-refractivity contribution in [3.05, 3.63) is 29.8 Å². The summed E-state index contributed by atoms with van der Waals surface area (Å²) in [4.78, 5) is 0. The van der Waals surface area contributed by atoms with Crippen LogP contribution in [0.2, 0.25) is 0 Å². The van der Waals surface area contributed by atoms with E-state index in [0.717, 1.165) is 18.5 Å². The molecule has 2 heteroatoms. The molecule has 1 unspecified atom stereocenters. The molecule has 0 amide bonds. The van der Waals surface area contributed by atoms with E-state index in [0.29, 0.717) is 0 Å². The highest BCUT2D eigenvalue weighted by Crippen LogP contribution is 2.22. The summed E-state index contributed by atoms with van der Waals surface area (Å²) in [6.45, 7) is 0. The fourth-order valence-corrected chi connectivity index (χ4v) is 1.42. The second kappa shape index (κ2) is 3.59. The molecule has 1 aromatic rings. The Morgan fingerprint density at radius 3 is 2.92 bits per heavy atom. The van der Waals surface area contributed by atoms with Crippen LogP contribution in [0, 0.1) is 0 Å². The van der Waals surface area contributed by atoms with Crippen molar-refractivity contribution < 1.29 is 5.11 Å². The van der Waals surface area contributed by atoms with Crippen LogP contribution < -0.4 is 5.32 Å². The largest absolute Gasteiger partial charge is 0.374 e. The monoisotopic (exact) mass is 165 g/mol. The van der Waals surface area contributed by atoms with Gasteiger partial charge in [0.15, 0.2) is 0 Å². The zero-order chi connectivity index (χ0) is 7.68. The van der Waals surface area contributed by atoms with Gasteiger partial charge in [0.2, 0.25) is 0 Å². The zero-order valence-electron chi connectivity index (χ0n) is 6.25. The number of hydrogen-bond donors (Lipinski definition) is 2. The number of benzene rings is 1. The fraction of sp³-hybridized carbons (Fsp3) is 0.400. The predicted octanol–water partition coefficient (Wildman–Crippen LogP) is 2.00. The van der Waals surface area contributed by atoms with Gasteiger partial charge in [0.05, 0.1) is 0 Å². The van der Waals surface area contributed by atoms with Gasteiger partial charge in [-0.3, -0.25) is 0 Å². The van der Waals surface area contributed by atoms with Gasteiger partial charge in [-0.25, -0.2) is 0 Å². The molecule has 0 fully saturated rings. The molecule has 2 nitrogen and oxygen atoms in total. The molecule has 0 saturated carbocycles. The van der Waals surface area contributed by atoms with E-state index in [1.54, 1.807) is 0 Å². The highest BCUT2D eigenvalue weighted by molar-refractivity contribution is 5.53. The third-order valence-electron chi connectivity index (χ3n) is 2.03. The van der Waals surface area contributed by atoms with Crippen LogP contribution in [-0.2, 0) is 6.42 Å². The Balaban J connectivity index is 0.000000720. The minimum Gasteiger partial charge on any atom is -0.374 e. The van der Waals surface area contributed by atoms with Crippen molar-refractivity contribution in [3.63, 3.8) is 0 Å². The lowest BCUT2D eigenvalue weighted by Crippen LogP contribution is -2.24. The number of aryl methyl sites for hydroxylation is 1. The Hall–Kier alpha value is -1.02. The van der Waals surface area contributed by atoms with E-state index in [1.807, 2.05) is 18.2 Å². The summed E-state index contributed by atoms with van der Waals surface area (Å²) in [5, 5.41) is 12.3. The highest BCUT2D eigenvalue weighted by Gasteiger charge is 2.13. The Morgan fingerprint density at radius 2 is 2.08 bits per heavy atom. The van der Waals surface area contributed by atoms with E-state index < -0.39 is 0 Å². The van der Waals surface area contributed by atoms with E-state index >= 15 is 0 Å². The molecule has 1 atom stereocenters. The minimum absolute atomic E-state index is 0. The van der Waals surface area contributed by atoms with Crippen LogP contribution in [0.15, 0.2) is 24.3 Å². The molecule has 1 aromatic carbocycles. The summed E-state index contributed by atoms with van der Waals surface area (Å²) < 4.78 is 0.